The second-order valence-corrected chi connectivity index (χ2v) is 7.22. The molecule has 142 valence electrons. The highest BCUT2D eigenvalue weighted by molar-refractivity contribution is 5.50. The molecule has 0 saturated carbocycles. The molecule has 0 amide bonds. The van der Waals surface area contributed by atoms with Crippen molar-refractivity contribution < 1.29 is 0 Å². The molecule has 27 heavy (non-hydrogen) atoms. The summed E-state index contributed by atoms with van der Waals surface area (Å²) in [6, 6.07) is 7.73. The van der Waals surface area contributed by atoms with Gasteiger partial charge in [0.25, 0.3) is 5.56 Å². The van der Waals surface area contributed by atoms with E-state index in [0.29, 0.717) is 6.04 Å². The van der Waals surface area contributed by atoms with Crippen LogP contribution in [0.3, 0.4) is 0 Å². The van der Waals surface area contributed by atoms with E-state index >= 15 is 0 Å². The number of fused-ring (bicyclic) bond motifs is 1. The molecule has 1 N–H and O–H groups in total. The van der Waals surface area contributed by atoms with Gasteiger partial charge in [-0.2, -0.15) is 14.7 Å². The minimum absolute atomic E-state index is 0.0888. The molecule has 3 aromatic heterocycles. The predicted octanol–water partition coefficient (Wildman–Crippen LogP) is 1.91. The SMILES string of the molecule is Cc1cc(NCC2CCCCN2c2ccc(=O)n(C)n2)n2nc(C)cc2n1. The number of hydrogen-bond acceptors (Lipinski definition) is 6. The third-order valence-corrected chi connectivity index (χ3v) is 5.06. The van der Waals surface area contributed by atoms with Crippen LogP contribution >= 0.6 is 0 Å². The van der Waals surface area contributed by atoms with Gasteiger partial charge in [0.05, 0.1) is 5.69 Å². The zero-order valence-electron chi connectivity index (χ0n) is 16.0. The summed E-state index contributed by atoms with van der Waals surface area (Å²) < 4.78 is 3.26. The smallest absolute Gasteiger partial charge is 0.266 e. The number of nitrogens with zero attached hydrogens (tertiary/aromatic N) is 6. The monoisotopic (exact) mass is 367 g/mol. The van der Waals surface area contributed by atoms with Gasteiger partial charge in [0.2, 0.25) is 0 Å². The molecule has 0 radical (unpaired) electrons. The van der Waals surface area contributed by atoms with Gasteiger partial charge in [-0.3, -0.25) is 4.79 Å². The van der Waals surface area contributed by atoms with Gasteiger partial charge in [-0.15, -0.1) is 0 Å². The van der Waals surface area contributed by atoms with Crippen LogP contribution in [0.25, 0.3) is 5.65 Å². The van der Waals surface area contributed by atoms with Crippen molar-refractivity contribution in [2.45, 2.75) is 39.2 Å². The molecule has 1 aliphatic heterocycles. The maximum Gasteiger partial charge on any atom is 0.266 e. The van der Waals surface area contributed by atoms with Crippen LogP contribution in [0.2, 0.25) is 0 Å². The Morgan fingerprint density at radius 1 is 1.15 bits per heavy atom. The Morgan fingerprint density at radius 3 is 2.81 bits per heavy atom. The third-order valence-electron chi connectivity index (χ3n) is 5.06. The predicted molar refractivity (Wildman–Crippen MR) is 105 cm³/mol. The molecule has 3 aromatic rings. The number of piperidine rings is 1. The lowest BCUT2D eigenvalue weighted by Gasteiger charge is -2.36. The molecule has 0 aliphatic carbocycles. The number of anilines is 2. The van der Waals surface area contributed by atoms with Gasteiger partial charge in [0.15, 0.2) is 5.65 Å². The standard InChI is InChI=1S/C19H25N7O/c1-13-10-17(26-18(21-13)11-14(2)22-26)20-12-15-6-4-5-9-25(15)16-7-8-19(27)24(3)23-16/h7-8,10-11,15,20H,4-6,9,12H2,1-3H3. The highest BCUT2D eigenvalue weighted by atomic mass is 16.1. The van der Waals surface area contributed by atoms with Crippen molar-refractivity contribution in [1.29, 1.82) is 0 Å². The van der Waals surface area contributed by atoms with Crippen LogP contribution in [0.5, 0.6) is 0 Å². The van der Waals surface area contributed by atoms with Crippen molar-refractivity contribution in [2.75, 3.05) is 23.3 Å². The minimum atomic E-state index is -0.0888. The molecule has 0 spiro atoms. The summed E-state index contributed by atoms with van der Waals surface area (Å²) in [6.45, 7) is 5.70. The highest BCUT2D eigenvalue weighted by Gasteiger charge is 2.24. The van der Waals surface area contributed by atoms with Gasteiger partial charge >= 0.3 is 0 Å². The molecule has 0 aromatic carbocycles. The van der Waals surface area contributed by atoms with Crippen LogP contribution in [0.4, 0.5) is 11.6 Å². The summed E-state index contributed by atoms with van der Waals surface area (Å²) >= 11 is 0. The maximum atomic E-state index is 11.7. The van der Waals surface area contributed by atoms with Crippen LogP contribution in [0, 0.1) is 13.8 Å². The van der Waals surface area contributed by atoms with Crippen LogP contribution in [-0.2, 0) is 7.05 Å². The van der Waals surface area contributed by atoms with Gasteiger partial charge in [0.1, 0.15) is 11.6 Å². The Bertz CT molecular complexity index is 1020. The minimum Gasteiger partial charge on any atom is -0.368 e. The first-order valence-electron chi connectivity index (χ1n) is 9.40. The number of aromatic nitrogens is 5. The van der Waals surface area contributed by atoms with Crippen molar-refractivity contribution in [3.63, 3.8) is 0 Å². The van der Waals surface area contributed by atoms with Crippen molar-refractivity contribution in [3.8, 4) is 0 Å². The van der Waals surface area contributed by atoms with E-state index < -0.39 is 0 Å². The zero-order valence-corrected chi connectivity index (χ0v) is 16.0. The zero-order chi connectivity index (χ0) is 19.0. The molecule has 1 aliphatic rings. The van der Waals surface area contributed by atoms with E-state index in [1.165, 1.54) is 11.1 Å². The summed E-state index contributed by atoms with van der Waals surface area (Å²) in [5.41, 5.74) is 2.68. The fourth-order valence-electron chi connectivity index (χ4n) is 3.72. The van der Waals surface area contributed by atoms with Crippen LogP contribution in [0.1, 0.15) is 30.7 Å². The molecule has 4 rings (SSSR count). The Kier molecular flexibility index (Phi) is 4.55. The molecule has 1 atom stereocenters. The van der Waals surface area contributed by atoms with Gasteiger partial charge in [-0.25, -0.2) is 9.67 Å². The summed E-state index contributed by atoms with van der Waals surface area (Å²) in [7, 11) is 1.69. The van der Waals surface area contributed by atoms with E-state index in [4.69, 9.17) is 0 Å². The van der Waals surface area contributed by atoms with Crippen LogP contribution in [0.15, 0.2) is 29.1 Å². The molecule has 8 heteroatoms. The van der Waals surface area contributed by atoms with Gasteiger partial charge in [0, 0.05) is 50.1 Å². The molecular formula is C19H25N7O. The second kappa shape index (κ2) is 7.02. The lowest BCUT2D eigenvalue weighted by Crippen LogP contribution is -2.45. The highest BCUT2D eigenvalue weighted by Crippen LogP contribution is 2.23. The number of nitrogens with one attached hydrogen (secondary N) is 1. The summed E-state index contributed by atoms with van der Waals surface area (Å²) in [4.78, 5) is 18.5. The van der Waals surface area contributed by atoms with E-state index in [9.17, 15) is 4.79 Å². The van der Waals surface area contributed by atoms with Gasteiger partial charge in [-0.05, 0) is 39.2 Å². The number of rotatable bonds is 4. The van der Waals surface area contributed by atoms with Crippen LogP contribution in [-0.4, -0.2) is 43.5 Å². The Morgan fingerprint density at radius 2 is 2.00 bits per heavy atom. The van der Waals surface area contributed by atoms with Crippen molar-refractivity contribution in [1.82, 2.24) is 24.4 Å². The molecular weight excluding hydrogens is 342 g/mol. The molecule has 4 heterocycles. The van der Waals surface area contributed by atoms with Crippen molar-refractivity contribution in [3.05, 3.63) is 46.0 Å². The largest absolute Gasteiger partial charge is 0.368 e. The lowest BCUT2D eigenvalue weighted by atomic mass is 10.0. The average Bonchev–Trinajstić information content (AvgIpc) is 3.02. The molecule has 0 bridgehead atoms. The number of hydrogen-bond donors (Lipinski definition) is 1. The van der Waals surface area contributed by atoms with E-state index in [2.05, 4.69) is 25.4 Å². The fraction of sp³-hybridized carbons (Fsp3) is 0.474. The number of aryl methyl sites for hydroxylation is 3. The molecule has 1 saturated heterocycles. The first-order valence-corrected chi connectivity index (χ1v) is 9.40. The Labute approximate surface area is 157 Å². The lowest BCUT2D eigenvalue weighted by molar-refractivity contribution is 0.464. The van der Waals surface area contributed by atoms with E-state index in [0.717, 1.165) is 54.6 Å². The third kappa shape index (κ3) is 3.51. The second-order valence-electron chi connectivity index (χ2n) is 7.22. The topological polar surface area (TPSA) is 80.4 Å². The van der Waals surface area contributed by atoms with Crippen molar-refractivity contribution in [2.24, 2.45) is 7.05 Å². The van der Waals surface area contributed by atoms with Crippen molar-refractivity contribution >= 4 is 17.3 Å². The summed E-state index contributed by atoms with van der Waals surface area (Å²) in [6.07, 6.45) is 3.42. The average molecular weight is 367 g/mol. The maximum absolute atomic E-state index is 11.7. The van der Waals surface area contributed by atoms with Gasteiger partial charge in [-0.1, -0.05) is 0 Å². The molecule has 1 unspecified atom stereocenters. The van der Waals surface area contributed by atoms with E-state index in [1.54, 1.807) is 13.1 Å². The van der Waals surface area contributed by atoms with E-state index in [-0.39, 0.29) is 5.56 Å². The van der Waals surface area contributed by atoms with Crippen LogP contribution < -0.4 is 15.8 Å². The van der Waals surface area contributed by atoms with Gasteiger partial charge < -0.3 is 10.2 Å². The normalized spacial score (nSPS) is 17.4. The Hall–Kier alpha value is -2.90. The molecule has 1 fully saturated rings. The first kappa shape index (κ1) is 17.5. The van der Waals surface area contributed by atoms with E-state index in [1.807, 2.05) is 36.6 Å². The Balaban J connectivity index is 1.57. The first-order chi connectivity index (χ1) is 13.0. The molecule has 8 nitrogen and oxygen atoms in total. The quantitative estimate of drug-likeness (QED) is 0.759. The summed E-state index contributed by atoms with van der Waals surface area (Å²) in [5.74, 6) is 1.80. The summed E-state index contributed by atoms with van der Waals surface area (Å²) in [5, 5.41) is 12.5. The fourth-order valence-corrected chi connectivity index (χ4v) is 3.72.